The molecule has 1 saturated carbocycles. The maximum Gasteiger partial charge on any atom is 0.221 e. The average Bonchev–Trinajstić information content (AvgIpc) is 3.19. The molecule has 116 valence electrons. The number of carbonyl (C=O) groups excluding carboxylic acids is 1. The highest BCUT2D eigenvalue weighted by Crippen LogP contribution is 2.40. The lowest BCUT2D eigenvalue weighted by molar-refractivity contribution is -0.121. The van der Waals surface area contributed by atoms with Gasteiger partial charge in [-0.1, -0.05) is 12.1 Å². The third-order valence-corrected chi connectivity index (χ3v) is 4.97. The summed E-state index contributed by atoms with van der Waals surface area (Å²) in [5, 5.41) is 6.42. The third-order valence-electron chi connectivity index (χ3n) is 3.84. The molecule has 21 heavy (non-hydrogen) atoms. The van der Waals surface area contributed by atoms with Crippen LogP contribution in [0.15, 0.2) is 24.3 Å². The Bertz CT molecular complexity index is 496. The first kappa shape index (κ1) is 16.6. The molecule has 1 aliphatic carbocycles. The van der Waals surface area contributed by atoms with E-state index in [0.29, 0.717) is 12.5 Å². The van der Waals surface area contributed by atoms with Crippen LogP contribution in [0.25, 0.3) is 0 Å². The van der Waals surface area contributed by atoms with Crippen LogP contribution in [0, 0.1) is 5.82 Å². The van der Waals surface area contributed by atoms with Gasteiger partial charge < -0.3 is 10.6 Å². The Morgan fingerprint density at radius 2 is 2.33 bits per heavy atom. The summed E-state index contributed by atoms with van der Waals surface area (Å²) in [6, 6.07) is 7.15. The number of thioether (sulfide) groups is 1. The van der Waals surface area contributed by atoms with Gasteiger partial charge in [-0.15, -0.1) is 12.4 Å². The summed E-state index contributed by atoms with van der Waals surface area (Å²) in [5.74, 6) is 2.31. The van der Waals surface area contributed by atoms with E-state index < -0.39 is 0 Å². The summed E-state index contributed by atoms with van der Waals surface area (Å²) in [6.07, 6.45) is 1.46. The fourth-order valence-electron chi connectivity index (χ4n) is 2.70. The van der Waals surface area contributed by atoms with Crippen LogP contribution in [0.4, 0.5) is 4.39 Å². The van der Waals surface area contributed by atoms with Gasteiger partial charge in [-0.05, 0) is 24.1 Å². The Hall–Kier alpha value is -0.780. The first-order valence-corrected chi connectivity index (χ1v) is 8.24. The van der Waals surface area contributed by atoms with Crippen LogP contribution < -0.4 is 10.6 Å². The molecular formula is C15H20ClFN2OS. The first-order chi connectivity index (χ1) is 9.72. The van der Waals surface area contributed by atoms with Crippen molar-refractivity contribution in [2.75, 3.05) is 18.1 Å². The quantitative estimate of drug-likeness (QED) is 0.890. The molecule has 0 spiro atoms. The third kappa shape index (κ3) is 4.59. The van der Waals surface area contributed by atoms with Crippen molar-refractivity contribution in [1.29, 1.82) is 0 Å². The Morgan fingerprint density at radius 3 is 3.05 bits per heavy atom. The number of rotatable bonds is 4. The Labute approximate surface area is 134 Å². The van der Waals surface area contributed by atoms with E-state index >= 15 is 0 Å². The molecular weight excluding hydrogens is 311 g/mol. The molecule has 6 heteroatoms. The Balaban J connectivity index is 0.00000161. The van der Waals surface area contributed by atoms with Crippen LogP contribution in [0.3, 0.4) is 0 Å². The summed E-state index contributed by atoms with van der Waals surface area (Å²) in [6.45, 7) is 0.984. The minimum Gasteiger partial charge on any atom is -0.353 e. The van der Waals surface area contributed by atoms with Crippen LogP contribution in [0.2, 0.25) is 0 Å². The SMILES string of the molecule is Cl.O=C(CC1CSCCN1)NC1CC1c1cccc(F)c1. The molecule has 0 bridgehead atoms. The van der Waals surface area contributed by atoms with Gasteiger partial charge in [0.05, 0.1) is 0 Å². The van der Waals surface area contributed by atoms with Crippen molar-refractivity contribution in [3.05, 3.63) is 35.6 Å². The van der Waals surface area contributed by atoms with Gasteiger partial charge in [0.15, 0.2) is 0 Å². The van der Waals surface area contributed by atoms with Crippen molar-refractivity contribution >= 4 is 30.1 Å². The molecule has 1 aliphatic heterocycles. The molecule has 3 atom stereocenters. The Morgan fingerprint density at radius 1 is 1.48 bits per heavy atom. The zero-order valence-corrected chi connectivity index (χ0v) is 13.3. The van der Waals surface area contributed by atoms with Gasteiger partial charge >= 0.3 is 0 Å². The van der Waals surface area contributed by atoms with Crippen molar-refractivity contribution in [3.8, 4) is 0 Å². The number of amides is 1. The molecule has 3 rings (SSSR count). The van der Waals surface area contributed by atoms with Crippen LogP contribution in [0.5, 0.6) is 0 Å². The fraction of sp³-hybridized carbons (Fsp3) is 0.533. The van der Waals surface area contributed by atoms with Crippen LogP contribution in [0.1, 0.15) is 24.3 Å². The first-order valence-electron chi connectivity index (χ1n) is 7.08. The lowest BCUT2D eigenvalue weighted by Gasteiger charge is -2.22. The van der Waals surface area contributed by atoms with Crippen LogP contribution in [-0.2, 0) is 4.79 Å². The summed E-state index contributed by atoms with van der Waals surface area (Å²) < 4.78 is 13.2. The molecule has 2 aliphatic rings. The smallest absolute Gasteiger partial charge is 0.221 e. The van der Waals surface area contributed by atoms with Gasteiger partial charge in [-0.3, -0.25) is 4.79 Å². The summed E-state index contributed by atoms with van der Waals surface area (Å²) in [4.78, 5) is 12.0. The minimum absolute atomic E-state index is 0. The second kappa shape index (κ2) is 7.47. The highest BCUT2D eigenvalue weighted by atomic mass is 35.5. The van der Waals surface area contributed by atoms with E-state index in [1.807, 2.05) is 17.8 Å². The van der Waals surface area contributed by atoms with E-state index in [-0.39, 0.29) is 36.1 Å². The minimum atomic E-state index is -0.206. The topological polar surface area (TPSA) is 41.1 Å². The van der Waals surface area contributed by atoms with E-state index in [0.717, 1.165) is 30.0 Å². The monoisotopic (exact) mass is 330 g/mol. The van der Waals surface area contributed by atoms with Crippen LogP contribution in [-0.4, -0.2) is 36.0 Å². The van der Waals surface area contributed by atoms with E-state index in [1.165, 1.54) is 6.07 Å². The predicted molar refractivity (Wildman–Crippen MR) is 86.7 cm³/mol. The van der Waals surface area contributed by atoms with Crippen molar-refractivity contribution in [2.24, 2.45) is 0 Å². The number of benzene rings is 1. The highest BCUT2D eigenvalue weighted by Gasteiger charge is 2.39. The summed E-state index contributed by atoms with van der Waals surface area (Å²) in [5.41, 5.74) is 0.988. The standard InChI is InChI=1S/C15H19FN2OS.ClH/c16-11-3-1-2-10(6-11)13-8-14(13)18-15(19)7-12-9-20-5-4-17-12;/h1-3,6,12-14,17H,4-5,7-9H2,(H,18,19);1H. The second-order valence-electron chi connectivity index (χ2n) is 5.50. The van der Waals surface area contributed by atoms with Crippen molar-refractivity contribution in [2.45, 2.75) is 30.8 Å². The molecule has 1 saturated heterocycles. The molecule has 2 N–H and O–H groups in total. The van der Waals surface area contributed by atoms with Gasteiger partial charge in [0, 0.05) is 42.5 Å². The van der Waals surface area contributed by atoms with Gasteiger partial charge in [-0.25, -0.2) is 4.39 Å². The largest absolute Gasteiger partial charge is 0.353 e. The van der Waals surface area contributed by atoms with Crippen molar-refractivity contribution in [3.63, 3.8) is 0 Å². The van der Waals surface area contributed by atoms with E-state index in [9.17, 15) is 9.18 Å². The molecule has 2 fully saturated rings. The summed E-state index contributed by atoms with van der Waals surface area (Å²) in [7, 11) is 0. The highest BCUT2D eigenvalue weighted by molar-refractivity contribution is 7.99. The zero-order valence-electron chi connectivity index (χ0n) is 11.7. The molecule has 1 aromatic rings. The molecule has 0 radical (unpaired) electrons. The van der Waals surface area contributed by atoms with E-state index in [4.69, 9.17) is 0 Å². The fourth-order valence-corrected chi connectivity index (χ4v) is 3.65. The Kier molecular flexibility index (Phi) is 5.90. The molecule has 1 amide bonds. The van der Waals surface area contributed by atoms with Gasteiger partial charge in [0.2, 0.25) is 5.91 Å². The molecule has 3 unspecified atom stereocenters. The van der Waals surface area contributed by atoms with Gasteiger partial charge in [0.1, 0.15) is 5.82 Å². The molecule has 1 heterocycles. The van der Waals surface area contributed by atoms with Crippen molar-refractivity contribution in [1.82, 2.24) is 10.6 Å². The van der Waals surface area contributed by atoms with Gasteiger partial charge in [0.25, 0.3) is 0 Å². The van der Waals surface area contributed by atoms with Crippen LogP contribution >= 0.6 is 24.2 Å². The predicted octanol–water partition coefficient (Wildman–Crippen LogP) is 2.31. The number of hydrogen-bond acceptors (Lipinski definition) is 3. The zero-order chi connectivity index (χ0) is 13.9. The maximum atomic E-state index is 13.2. The summed E-state index contributed by atoms with van der Waals surface area (Å²) >= 11 is 1.89. The molecule has 3 nitrogen and oxygen atoms in total. The normalized spacial score (nSPS) is 27.6. The molecule has 1 aromatic carbocycles. The maximum absolute atomic E-state index is 13.2. The lowest BCUT2D eigenvalue weighted by atomic mass is 10.1. The number of carbonyl (C=O) groups is 1. The lowest BCUT2D eigenvalue weighted by Crippen LogP contribution is -2.41. The number of hydrogen-bond donors (Lipinski definition) is 2. The van der Waals surface area contributed by atoms with E-state index in [1.54, 1.807) is 12.1 Å². The van der Waals surface area contributed by atoms with E-state index in [2.05, 4.69) is 10.6 Å². The molecule has 0 aromatic heterocycles. The number of halogens is 2. The average molecular weight is 331 g/mol. The van der Waals surface area contributed by atoms with Crippen molar-refractivity contribution < 1.29 is 9.18 Å². The second-order valence-corrected chi connectivity index (χ2v) is 6.65. The van der Waals surface area contributed by atoms with Gasteiger partial charge in [-0.2, -0.15) is 11.8 Å². The number of nitrogens with one attached hydrogen (secondary N) is 2.